The predicted molar refractivity (Wildman–Crippen MR) is 113 cm³/mol. The summed E-state index contributed by atoms with van der Waals surface area (Å²) < 4.78 is 17.2. The highest BCUT2D eigenvalue weighted by molar-refractivity contribution is 5.41. The standard InChI is InChI=1S/C23H31N3O3/c1-2-28-21-8-3-4-9-22(21)29-23-11-10-17(15-26-23)14-25-19-7-5-6-18(19)20-16-27-13-12-24-20/h3-4,8-11,15,18-20,24-25H,2,5-7,12-14,16H2,1H3. The lowest BCUT2D eigenvalue weighted by molar-refractivity contribution is 0.0524. The summed E-state index contributed by atoms with van der Waals surface area (Å²) in [5.41, 5.74) is 1.16. The van der Waals surface area contributed by atoms with Crippen molar-refractivity contribution in [2.45, 2.75) is 44.8 Å². The van der Waals surface area contributed by atoms with E-state index in [4.69, 9.17) is 14.2 Å². The number of aromatic nitrogens is 1. The third-order valence-corrected chi connectivity index (χ3v) is 5.77. The van der Waals surface area contributed by atoms with Crippen molar-refractivity contribution < 1.29 is 14.2 Å². The number of para-hydroxylation sites is 2. The molecule has 2 aliphatic rings. The molecule has 2 fully saturated rings. The average Bonchev–Trinajstić information content (AvgIpc) is 3.24. The van der Waals surface area contributed by atoms with Gasteiger partial charge < -0.3 is 24.8 Å². The molecule has 2 N–H and O–H groups in total. The van der Waals surface area contributed by atoms with E-state index in [-0.39, 0.29) is 0 Å². The predicted octanol–water partition coefficient (Wildman–Crippen LogP) is 3.52. The lowest BCUT2D eigenvalue weighted by Crippen LogP contribution is -2.50. The van der Waals surface area contributed by atoms with E-state index in [0.717, 1.165) is 37.6 Å². The number of hydrogen-bond donors (Lipinski definition) is 2. The summed E-state index contributed by atoms with van der Waals surface area (Å²) in [5.74, 6) is 2.63. The Balaban J connectivity index is 1.31. The molecule has 2 heterocycles. The van der Waals surface area contributed by atoms with Crippen LogP contribution in [0.25, 0.3) is 0 Å². The van der Waals surface area contributed by atoms with Gasteiger partial charge in [-0.2, -0.15) is 0 Å². The minimum absolute atomic E-state index is 0.475. The van der Waals surface area contributed by atoms with E-state index in [1.54, 1.807) is 0 Å². The SMILES string of the molecule is CCOc1ccccc1Oc1ccc(CNC2CCCC2C2COCCN2)cn1. The van der Waals surface area contributed by atoms with Crippen molar-refractivity contribution in [1.29, 1.82) is 0 Å². The zero-order chi connectivity index (χ0) is 19.9. The summed E-state index contributed by atoms with van der Waals surface area (Å²) in [6.45, 7) is 6.01. The van der Waals surface area contributed by atoms with Crippen LogP contribution in [0.5, 0.6) is 17.4 Å². The number of ether oxygens (including phenoxy) is 3. The first-order valence-electron chi connectivity index (χ1n) is 10.7. The van der Waals surface area contributed by atoms with Gasteiger partial charge in [-0.05, 0) is 43.4 Å². The highest BCUT2D eigenvalue weighted by Crippen LogP contribution is 2.31. The van der Waals surface area contributed by atoms with Crippen LogP contribution >= 0.6 is 0 Å². The van der Waals surface area contributed by atoms with E-state index < -0.39 is 0 Å². The molecule has 6 heteroatoms. The van der Waals surface area contributed by atoms with Gasteiger partial charge in [-0.15, -0.1) is 0 Å². The van der Waals surface area contributed by atoms with Gasteiger partial charge >= 0.3 is 0 Å². The molecule has 29 heavy (non-hydrogen) atoms. The van der Waals surface area contributed by atoms with E-state index in [1.807, 2.05) is 43.5 Å². The highest BCUT2D eigenvalue weighted by atomic mass is 16.5. The Morgan fingerprint density at radius 1 is 1.17 bits per heavy atom. The normalized spacial score (nSPS) is 24.4. The van der Waals surface area contributed by atoms with Gasteiger partial charge in [0.2, 0.25) is 5.88 Å². The minimum Gasteiger partial charge on any atom is -0.490 e. The molecule has 2 aromatic rings. The number of morpholine rings is 1. The Morgan fingerprint density at radius 2 is 2.07 bits per heavy atom. The third kappa shape index (κ3) is 5.26. The highest BCUT2D eigenvalue weighted by Gasteiger charge is 2.34. The van der Waals surface area contributed by atoms with Crippen molar-refractivity contribution in [3.05, 3.63) is 48.2 Å². The molecule has 0 bridgehead atoms. The van der Waals surface area contributed by atoms with Crippen molar-refractivity contribution >= 4 is 0 Å². The molecule has 1 aromatic carbocycles. The van der Waals surface area contributed by atoms with Gasteiger partial charge in [0.25, 0.3) is 0 Å². The topological polar surface area (TPSA) is 64.6 Å². The molecule has 156 valence electrons. The number of nitrogens with one attached hydrogen (secondary N) is 2. The summed E-state index contributed by atoms with van der Waals surface area (Å²) in [5, 5.41) is 7.37. The fourth-order valence-electron chi connectivity index (χ4n) is 4.33. The number of benzene rings is 1. The van der Waals surface area contributed by atoms with Crippen molar-refractivity contribution in [3.8, 4) is 17.4 Å². The Labute approximate surface area is 173 Å². The second-order valence-corrected chi connectivity index (χ2v) is 7.70. The Hall–Kier alpha value is -2.15. The zero-order valence-corrected chi connectivity index (χ0v) is 17.1. The number of hydrogen-bond acceptors (Lipinski definition) is 6. The van der Waals surface area contributed by atoms with E-state index in [1.165, 1.54) is 19.3 Å². The summed E-state index contributed by atoms with van der Waals surface area (Å²) >= 11 is 0. The summed E-state index contributed by atoms with van der Waals surface area (Å²) in [6.07, 6.45) is 5.66. The summed E-state index contributed by atoms with van der Waals surface area (Å²) in [7, 11) is 0. The van der Waals surface area contributed by atoms with Crippen LogP contribution in [0.15, 0.2) is 42.6 Å². The summed E-state index contributed by atoms with van der Waals surface area (Å²) in [4.78, 5) is 4.48. The van der Waals surface area contributed by atoms with E-state index in [2.05, 4.69) is 21.7 Å². The molecule has 1 aliphatic carbocycles. The lowest BCUT2D eigenvalue weighted by Gasteiger charge is -2.33. The van der Waals surface area contributed by atoms with Gasteiger partial charge in [0.05, 0.1) is 19.8 Å². The maximum atomic E-state index is 5.91. The van der Waals surface area contributed by atoms with Crippen LogP contribution in [0.1, 0.15) is 31.7 Å². The van der Waals surface area contributed by atoms with E-state index in [9.17, 15) is 0 Å². The Kier molecular flexibility index (Phi) is 6.98. The molecule has 1 aliphatic heterocycles. The van der Waals surface area contributed by atoms with E-state index in [0.29, 0.717) is 36.2 Å². The van der Waals surface area contributed by atoms with Gasteiger partial charge in [-0.25, -0.2) is 4.98 Å². The van der Waals surface area contributed by atoms with Crippen LogP contribution < -0.4 is 20.1 Å². The average molecular weight is 398 g/mol. The molecule has 1 saturated carbocycles. The molecule has 0 radical (unpaired) electrons. The van der Waals surface area contributed by atoms with Crippen molar-refractivity contribution in [3.63, 3.8) is 0 Å². The first-order chi connectivity index (χ1) is 14.3. The smallest absolute Gasteiger partial charge is 0.219 e. The van der Waals surface area contributed by atoms with Crippen LogP contribution in [0.2, 0.25) is 0 Å². The van der Waals surface area contributed by atoms with Crippen molar-refractivity contribution in [1.82, 2.24) is 15.6 Å². The Morgan fingerprint density at radius 3 is 2.83 bits per heavy atom. The number of nitrogens with zero attached hydrogens (tertiary/aromatic N) is 1. The first kappa shape index (κ1) is 20.1. The fraction of sp³-hybridized carbons (Fsp3) is 0.522. The summed E-state index contributed by atoms with van der Waals surface area (Å²) in [6, 6.07) is 12.7. The maximum absolute atomic E-state index is 5.91. The number of rotatable bonds is 8. The van der Waals surface area contributed by atoms with Crippen LogP contribution in [0.4, 0.5) is 0 Å². The van der Waals surface area contributed by atoms with Crippen LogP contribution in [-0.4, -0.2) is 43.4 Å². The lowest BCUT2D eigenvalue weighted by atomic mass is 9.94. The molecule has 1 aromatic heterocycles. The van der Waals surface area contributed by atoms with Gasteiger partial charge in [-0.3, -0.25) is 0 Å². The van der Waals surface area contributed by atoms with Crippen LogP contribution in [0, 0.1) is 5.92 Å². The van der Waals surface area contributed by atoms with Gasteiger partial charge in [0.1, 0.15) is 0 Å². The zero-order valence-electron chi connectivity index (χ0n) is 17.1. The van der Waals surface area contributed by atoms with Gasteiger partial charge in [0, 0.05) is 37.4 Å². The quantitative estimate of drug-likeness (QED) is 0.711. The molecule has 0 spiro atoms. The van der Waals surface area contributed by atoms with Crippen molar-refractivity contribution in [2.75, 3.05) is 26.4 Å². The van der Waals surface area contributed by atoms with E-state index >= 15 is 0 Å². The second-order valence-electron chi connectivity index (χ2n) is 7.70. The van der Waals surface area contributed by atoms with Crippen LogP contribution in [0.3, 0.4) is 0 Å². The molecular weight excluding hydrogens is 366 g/mol. The minimum atomic E-state index is 0.475. The van der Waals surface area contributed by atoms with Gasteiger partial charge in [-0.1, -0.05) is 24.6 Å². The Bertz CT molecular complexity index is 762. The molecule has 0 amide bonds. The molecule has 3 unspecified atom stereocenters. The second kappa shape index (κ2) is 10.1. The molecular formula is C23H31N3O3. The largest absolute Gasteiger partial charge is 0.490 e. The first-order valence-corrected chi connectivity index (χ1v) is 10.7. The van der Waals surface area contributed by atoms with Crippen molar-refractivity contribution in [2.24, 2.45) is 5.92 Å². The number of pyridine rings is 1. The van der Waals surface area contributed by atoms with Gasteiger partial charge in [0.15, 0.2) is 11.5 Å². The molecule has 3 atom stereocenters. The molecule has 4 rings (SSSR count). The molecule has 1 saturated heterocycles. The third-order valence-electron chi connectivity index (χ3n) is 5.77. The molecule has 6 nitrogen and oxygen atoms in total. The maximum Gasteiger partial charge on any atom is 0.219 e. The fourth-order valence-corrected chi connectivity index (χ4v) is 4.33. The monoisotopic (exact) mass is 397 g/mol. The van der Waals surface area contributed by atoms with Crippen LogP contribution in [-0.2, 0) is 11.3 Å².